The van der Waals surface area contributed by atoms with Crippen LogP contribution in [0, 0.1) is 6.92 Å². The molecule has 1 aromatic carbocycles. The Balaban J connectivity index is 2.07. The Labute approximate surface area is 119 Å². The number of aliphatic hydroxyl groups is 2. The lowest BCUT2D eigenvalue weighted by Crippen LogP contribution is -2.28. The lowest BCUT2D eigenvalue weighted by Gasteiger charge is -2.21. The van der Waals surface area contributed by atoms with Crippen LogP contribution in [0.15, 0.2) is 18.3 Å². The van der Waals surface area contributed by atoms with Gasteiger partial charge in [-0.2, -0.15) is 5.10 Å². The van der Waals surface area contributed by atoms with E-state index in [9.17, 15) is 5.11 Å². The van der Waals surface area contributed by atoms with Crippen LogP contribution < -0.4 is 0 Å². The van der Waals surface area contributed by atoms with Gasteiger partial charge >= 0.3 is 0 Å². The van der Waals surface area contributed by atoms with E-state index >= 15 is 0 Å². The number of rotatable bonds is 7. The van der Waals surface area contributed by atoms with Gasteiger partial charge in [-0.05, 0) is 37.1 Å². The summed E-state index contributed by atoms with van der Waals surface area (Å²) in [5.74, 6) is 0. The van der Waals surface area contributed by atoms with E-state index in [0.717, 1.165) is 35.1 Å². The Morgan fingerprint density at radius 2 is 2.15 bits per heavy atom. The van der Waals surface area contributed by atoms with Gasteiger partial charge in [0.25, 0.3) is 0 Å². The molecule has 20 heavy (non-hydrogen) atoms. The molecule has 0 saturated heterocycles. The molecule has 0 aliphatic heterocycles. The molecule has 3 N–H and O–H groups in total. The summed E-state index contributed by atoms with van der Waals surface area (Å²) >= 11 is 0. The second kappa shape index (κ2) is 6.83. The van der Waals surface area contributed by atoms with E-state index < -0.39 is 6.10 Å². The van der Waals surface area contributed by atoms with Gasteiger partial charge in [0.05, 0.1) is 24.4 Å². The fourth-order valence-corrected chi connectivity index (χ4v) is 2.57. The zero-order valence-electron chi connectivity index (χ0n) is 12.1. The standard InChI is InChI=1S/C15H23N3O2/c1-3-18(8-9-19)7-6-15(20)12-4-5-14-13(11(12)2)10-16-17-14/h4-5,10,15,19-20H,3,6-9H2,1-2H3,(H,16,17). The highest BCUT2D eigenvalue weighted by molar-refractivity contribution is 5.82. The molecule has 0 aliphatic carbocycles. The van der Waals surface area contributed by atoms with Gasteiger partial charge in [0.2, 0.25) is 0 Å². The van der Waals surface area contributed by atoms with Crippen LogP contribution in [0.3, 0.4) is 0 Å². The minimum absolute atomic E-state index is 0.157. The number of hydrogen-bond acceptors (Lipinski definition) is 4. The lowest BCUT2D eigenvalue weighted by atomic mass is 9.98. The van der Waals surface area contributed by atoms with Crippen molar-refractivity contribution >= 4 is 10.9 Å². The third-order valence-electron chi connectivity index (χ3n) is 3.88. The predicted molar refractivity (Wildman–Crippen MR) is 79.6 cm³/mol. The molecule has 0 radical (unpaired) electrons. The molecular weight excluding hydrogens is 254 g/mol. The molecule has 0 fully saturated rings. The first kappa shape index (κ1) is 15.0. The largest absolute Gasteiger partial charge is 0.395 e. The van der Waals surface area contributed by atoms with E-state index in [2.05, 4.69) is 22.0 Å². The van der Waals surface area contributed by atoms with Crippen LogP contribution in [0.5, 0.6) is 0 Å². The highest BCUT2D eigenvalue weighted by atomic mass is 16.3. The Kier molecular flexibility index (Phi) is 5.11. The molecule has 1 aromatic heterocycles. The quantitative estimate of drug-likeness (QED) is 0.719. The summed E-state index contributed by atoms with van der Waals surface area (Å²) in [5, 5.41) is 27.4. The first-order valence-electron chi connectivity index (χ1n) is 7.11. The second-order valence-corrected chi connectivity index (χ2v) is 5.07. The Bertz CT molecular complexity index is 553. The molecule has 0 spiro atoms. The summed E-state index contributed by atoms with van der Waals surface area (Å²) in [6, 6.07) is 3.92. The van der Waals surface area contributed by atoms with Crippen molar-refractivity contribution in [1.82, 2.24) is 15.1 Å². The van der Waals surface area contributed by atoms with Crippen molar-refractivity contribution in [2.75, 3.05) is 26.2 Å². The SMILES string of the molecule is CCN(CCO)CCC(O)c1ccc2[nH]ncc2c1C. The molecule has 5 heteroatoms. The maximum absolute atomic E-state index is 10.4. The number of fused-ring (bicyclic) bond motifs is 1. The van der Waals surface area contributed by atoms with Gasteiger partial charge < -0.3 is 15.1 Å². The molecule has 0 bridgehead atoms. The molecule has 0 saturated carbocycles. The maximum atomic E-state index is 10.4. The number of aliphatic hydroxyl groups excluding tert-OH is 2. The summed E-state index contributed by atoms with van der Waals surface area (Å²) in [7, 11) is 0. The maximum Gasteiger partial charge on any atom is 0.0805 e. The van der Waals surface area contributed by atoms with E-state index in [0.29, 0.717) is 13.0 Å². The van der Waals surface area contributed by atoms with Crippen LogP contribution in [0.2, 0.25) is 0 Å². The van der Waals surface area contributed by atoms with E-state index in [1.54, 1.807) is 6.20 Å². The third-order valence-corrected chi connectivity index (χ3v) is 3.88. The van der Waals surface area contributed by atoms with Crippen molar-refractivity contribution in [3.8, 4) is 0 Å². The number of nitrogens with zero attached hydrogens (tertiary/aromatic N) is 2. The number of aromatic nitrogens is 2. The third kappa shape index (κ3) is 3.17. The normalized spacial score (nSPS) is 13.2. The number of likely N-dealkylation sites (N-methyl/N-ethyl adjacent to an activating group) is 1. The van der Waals surface area contributed by atoms with E-state index in [1.807, 2.05) is 19.1 Å². The lowest BCUT2D eigenvalue weighted by molar-refractivity contribution is 0.133. The second-order valence-electron chi connectivity index (χ2n) is 5.07. The van der Waals surface area contributed by atoms with Gasteiger partial charge in [-0.3, -0.25) is 5.10 Å². The van der Waals surface area contributed by atoms with Crippen molar-refractivity contribution in [3.63, 3.8) is 0 Å². The molecule has 1 atom stereocenters. The summed E-state index contributed by atoms with van der Waals surface area (Å²) in [6.45, 7) is 6.55. The first-order chi connectivity index (χ1) is 9.67. The van der Waals surface area contributed by atoms with Crippen molar-refractivity contribution in [1.29, 1.82) is 0 Å². The molecular formula is C15H23N3O2. The highest BCUT2D eigenvalue weighted by Gasteiger charge is 2.14. The fourth-order valence-electron chi connectivity index (χ4n) is 2.57. The van der Waals surface area contributed by atoms with Gasteiger partial charge in [0.15, 0.2) is 0 Å². The number of aryl methyl sites for hydroxylation is 1. The number of nitrogens with one attached hydrogen (secondary N) is 1. The van der Waals surface area contributed by atoms with Crippen LogP contribution in [-0.4, -0.2) is 51.6 Å². The van der Waals surface area contributed by atoms with Crippen LogP contribution in [0.4, 0.5) is 0 Å². The topological polar surface area (TPSA) is 72.4 Å². The molecule has 1 unspecified atom stereocenters. The van der Waals surface area contributed by atoms with Crippen molar-refractivity contribution in [2.45, 2.75) is 26.4 Å². The average molecular weight is 277 g/mol. The smallest absolute Gasteiger partial charge is 0.0805 e. The van der Waals surface area contributed by atoms with Crippen molar-refractivity contribution in [2.24, 2.45) is 0 Å². The van der Waals surface area contributed by atoms with E-state index in [1.165, 1.54) is 0 Å². The summed E-state index contributed by atoms with van der Waals surface area (Å²) in [6.07, 6.45) is 1.98. The number of benzene rings is 1. The fraction of sp³-hybridized carbons (Fsp3) is 0.533. The van der Waals surface area contributed by atoms with E-state index in [4.69, 9.17) is 5.11 Å². The number of hydrogen-bond donors (Lipinski definition) is 3. The molecule has 2 rings (SSSR count). The van der Waals surface area contributed by atoms with E-state index in [-0.39, 0.29) is 6.61 Å². The Morgan fingerprint density at radius 1 is 1.35 bits per heavy atom. The van der Waals surface area contributed by atoms with Gasteiger partial charge in [0, 0.05) is 18.5 Å². The van der Waals surface area contributed by atoms with Gasteiger partial charge in [0.1, 0.15) is 0 Å². The van der Waals surface area contributed by atoms with Crippen LogP contribution in [0.1, 0.15) is 30.6 Å². The molecule has 0 aliphatic rings. The average Bonchev–Trinajstić information content (AvgIpc) is 2.93. The van der Waals surface area contributed by atoms with Gasteiger partial charge in [-0.15, -0.1) is 0 Å². The molecule has 5 nitrogen and oxygen atoms in total. The minimum atomic E-state index is -0.484. The van der Waals surface area contributed by atoms with Crippen LogP contribution in [0.25, 0.3) is 10.9 Å². The summed E-state index contributed by atoms with van der Waals surface area (Å²) < 4.78 is 0. The summed E-state index contributed by atoms with van der Waals surface area (Å²) in [5.41, 5.74) is 3.03. The van der Waals surface area contributed by atoms with Crippen molar-refractivity contribution in [3.05, 3.63) is 29.5 Å². The Hall–Kier alpha value is -1.43. The van der Waals surface area contributed by atoms with Gasteiger partial charge in [-0.1, -0.05) is 13.0 Å². The molecule has 2 aromatic rings. The predicted octanol–water partition coefficient (Wildman–Crippen LogP) is 1.61. The number of H-pyrrole nitrogens is 1. The van der Waals surface area contributed by atoms with Crippen LogP contribution >= 0.6 is 0 Å². The molecule has 110 valence electrons. The van der Waals surface area contributed by atoms with Crippen molar-refractivity contribution < 1.29 is 10.2 Å². The van der Waals surface area contributed by atoms with Crippen LogP contribution in [-0.2, 0) is 0 Å². The zero-order chi connectivity index (χ0) is 14.5. The first-order valence-corrected chi connectivity index (χ1v) is 7.11. The zero-order valence-corrected chi connectivity index (χ0v) is 12.1. The molecule has 1 heterocycles. The Morgan fingerprint density at radius 3 is 2.85 bits per heavy atom. The number of aromatic amines is 1. The minimum Gasteiger partial charge on any atom is -0.395 e. The molecule has 0 amide bonds. The monoisotopic (exact) mass is 277 g/mol. The highest BCUT2D eigenvalue weighted by Crippen LogP contribution is 2.26. The summed E-state index contributed by atoms with van der Waals surface area (Å²) in [4.78, 5) is 2.13. The van der Waals surface area contributed by atoms with Gasteiger partial charge in [-0.25, -0.2) is 0 Å².